The molecular weight excluding hydrogens is 382 g/mol. The molecule has 2 atom stereocenters. The second-order valence-corrected chi connectivity index (χ2v) is 8.70. The fourth-order valence-electron chi connectivity index (χ4n) is 5.26. The van der Waals surface area contributed by atoms with Gasteiger partial charge in [0.1, 0.15) is 11.3 Å². The van der Waals surface area contributed by atoms with E-state index in [0.717, 1.165) is 38.5 Å². The molecule has 0 spiro atoms. The van der Waals surface area contributed by atoms with Gasteiger partial charge in [-0.3, -0.25) is 14.5 Å². The zero-order valence-electron chi connectivity index (χ0n) is 17.6. The van der Waals surface area contributed by atoms with Crippen molar-refractivity contribution in [2.45, 2.75) is 64.0 Å². The molecule has 4 amide bonds. The molecule has 1 aliphatic carbocycles. The van der Waals surface area contributed by atoms with Crippen LogP contribution in [-0.4, -0.2) is 46.3 Å². The molecule has 4 rings (SSSR count). The number of carbonyl (C=O) groups excluding carboxylic acids is 3. The number of imide groups is 1. The van der Waals surface area contributed by atoms with E-state index in [4.69, 9.17) is 4.42 Å². The van der Waals surface area contributed by atoms with Crippen molar-refractivity contribution in [2.24, 2.45) is 11.8 Å². The van der Waals surface area contributed by atoms with Crippen LogP contribution in [0, 0.1) is 11.8 Å². The summed E-state index contributed by atoms with van der Waals surface area (Å²) in [6, 6.07) is 3.17. The zero-order chi connectivity index (χ0) is 21.1. The van der Waals surface area contributed by atoms with Gasteiger partial charge in [0.2, 0.25) is 5.91 Å². The van der Waals surface area contributed by atoms with Crippen LogP contribution in [-0.2, 0) is 16.1 Å². The number of amides is 4. The summed E-state index contributed by atoms with van der Waals surface area (Å²) in [4.78, 5) is 42.2. The third kappa shape index (κ3) is 3.77. The van der Waals surface area contributed by atoms with Crippen molar-refractivity contribution < 1.29 is 18.8 Å². The number of hydrogen-bond acceptors (Lipinski definition) is 4. The number of carbonyl (C=O) groups is 3. The molecule has 2 saturated heterocycles. The Hall–Kier alpha value is -2.57. The summed E-state index contributed by atoms with van der Waals surface area (Å²) in [5, 5.41) is 3.04. The Balaban J connectivity index is 1.44. The summed E-state index contributed by atoms with van der Waals surface area (Å²) in [6.07, 6.45) is 11.4. The monoisotopic (exact) mass is 413 g/mol. The van der Waals surface area contributed by atoms with Crippen molar-refractivity contribution in [1.82, 2.24) is 15.1 Å². The van der Waals surface area contributed by atoms with E-state index < -0.39 is 5.54 Å². The normalized spacial score (nSPS) is 27.6. The van der Waals surface area contributed by atoms with Crippen LogP contribution in [0.15, 0.2) is 35.0 Å². The number of nitrogens with one attached hydrogen (secondary N) is 1. The lowest BCUT2D eigenvalue weighted by atomic mass is 9.74. The zero-order valence-corrected chi connectivity index (χ0v) is 17.6. The van der Waals surface area contributed by atoms with E-state index in [0.29, 0.717) is 25.3 Å². The lowest BCUT2D eigenvalue weighted by molar-refractivity contribution is -0.139. The third-order valence-electron chi connectivity index (χ3n) is 6.86. The maximum atomic E-state index is 13.4. The van der Waals surface area contributed by atoms with Crippen LogP contribution in [0.1, 0.15) is 57.6 Å². The minimum absolute atomic E-state index is 0.0332. The summed E-state index contributed by atoms with van der Waals surface area (Å²) in [5.74, 6) is 0.794. The summed E-state index contributed by atoms with van der Waals surface area (Å²) in [6.45, 7) is 3.48. The lowest BCUT2D eigenvalue weighted by Gasteiger charge is -2.41. The first-order chi connectivity index (χ1) is 14.5. The highest BCUT2D eigenvalue weighted by Gasteiger charge is 2.55. The molecule has 7 nitrogen and oxygen atoms in total. The van der Waals surface area contributed by atoms with Crippen LogP contribution in [0.4, 0.5) is 4.79 Å². The predicted molar refractivity (Wildman–Crippen MR) is 111 cm³/mol. The second kappa shape index (κ2) is 8.66. The number of furan rings is 1. The van der Waals surface area contributed by atoms with Gasteiger partial charge in [-0.05, 0) is 56.6 Å². The van der Waals surface area contributed by atoms with Crippen LogP contribution in [0.3, 0.4) is 0 Å². The molecule has 0 unspecified atom stereocenters. The Morgan fingerprint density at radius 1 is 1.23 bits per heavy atom. The van der Waals surface area contributed by atoms with Crippen molar-refractivity contribution in [3.63, 3.8) is 0 Å². The quantitative estimate of drug-likeness (QED) is 0.572. The Morgan fingerprint density at radius 3 is 2.67 bits per heavy atom. The molecular formula is C23H31N3O4. The minimum Gasteiger partial charge on any atom is -0.467 e. The highest BCUT2D eigenvalue weighted by molar-refractivity contribution is 6.07. The van der Waals surface area contributed by atoms with Crippen molar-refractivity contribution in [3.8, 4) is 0 Å². The number of allylic oxidation sites excluding steroid dienone is 2. The Morgan fingerprint density at radius 2 is 2.03 bits per heavy atom. The van der Waals surface area contributed by atoms with Gasteiger partial charge >= 0.3 is 6.03 Å². The van der Waals surface area contributed by atoms with Gasteiger partial charge in [0.15, 0.2) is 0 Å². The molecule has 0 radical (unpaired) electrons. The highest BCUT2D eigenvalue weighted by atomic mass is 16.3. The molecule has 0 bridgehead atoms. The SMILES string of the molecule is CCC[C@@]1(C2CCN(C(=O)[C@H]3CC=CCC3)CC2)NC(=O)N(Cc2ccco2)C1=O. The highest BCUT2D eigenvalue weighted by Crippen LogP contribution is 2.38. The average Bonchev–Trinajstić information content (AvgIpc) is 3.37. The van der Waals surface area contributed by atoms with Crippen LogP contribution in [0.2, 0.25) is 0 Å². The van der Waals surface area contributed by atoms with E-state index in [-0.39, 0.29) is 36.2 Å². The van der Waals surface area contributed by atoms with E-state index in [1.807, 2.05) is 11.8 Å². The number of piperidine rings is 1. The molecule has 2 fully saturated rings. The van der Waals surface area contributed by atoms with Crippen LogP contribution in [0.25, 0.3) is 0 Å². The van der Waals surface area contributed by atoms with Gasteiger partial charge in [0.05, 0.1) is 12.8 Å². The Labute approximate surface area is 177 Å². The van der Waals surface area contributed by atoms with E-state index in [1.165, 1.54) is 4.90 Å². The average molecular weight is 414 g/mol. The Kier molecular flexibility index (Phi) is 5.97. The minimum atomic E-state index is -0.874. The molecule has 2 aliphatic heterocycles. The molecule has 7 heteroatoms. The summed E-state index contributed by atoms with van der Waals surface area (Å²) in [7, 11) is 0. The third-order valence-corrected chi connectivity index (χ3v) is 6.86. The van der Waals surface area contributed by atoms with Gasteiger partial charge < -0.3 is 14.6 Å². The standard InChI is InChI=1S/C23H31N3O4/c1-2-12-23(21(28)26(22(29)24-23)16-19-9-6-15-30-19)18-10-13-25(14-11-18)20(27)17-7-4-3-5-8-17/h3-4,6,9,15,17-18H,2,5,7-8,10-14,16H2,1H3,(H,24,29)/t17-,23-/m0/s1. The van der Waals surface area contributed by atoms with Gasteiger partial charge in [-0.1, -0.05) is 25.5 Å². The number of hydrogen-bond donors (Lipinski definition) is 1. The maximum Gasteiger partial charge on any atom is 0.325 e. The van der Waals surface area contributed by atoms with Crippen LogP contribution >= 0.6 is 0 Å². The van der Waals surface area contributed by atoms with E-state index in [9.17, 15) is 14.4 Å². The van der Waals surface area contributed by atoms with Gasteiger partial charge in [0.25, 0.3) is 5.91 Å². The molecule has 0 aromatic carbocycles. The van der Waals surface area contributed by atoms with E-state index in [2.05, 4.69) is 17.5 Å². The van der Waals surface area contributed by atoms with Crippen molar-refractivity contribution in [1.29, 1.82) is 0 Å². The van der Waals surface area contributed by atoms with Gasteiger partial charge in [0, 0.05) is 19.0 Å². The number of urea groups is 1. The topological polar surface area (TPSA) is 82.9 Å². The van der Waals surface area contributed by atoms with Crippen molar-refractivity contribution in [3.05, 3.63) is 36.3 Å². The Bertz CT molecular complexity index is 810. The molecule has 30 heavy (non-hydrogen) atoms. The predicted octanol–water partition coefficient (Wildman–Crippen LogP) is 3.47. The molecule has 1 aromatic heterocycles. The fourth-order valence-corrected chi connectivity index (χ4v) is 5.26. The summed E-state index contributed by atoms with van der Waals surface area (Å²) < 4.78 is 5.34. The number of rotatable bonds is 6. The first kappa shape index (κ1) is 20.7. The van der Waals surface area contributed by atoms with Gasteiger partial charge in [-0.25, -0.2) is 4.79 Å². The summed E-state index contributed by atoms with van der Waals surface area (Å²) in [5.41, 5.74) is -0.874. The van der Waals surface area contributed by atoms with E-state index in [1.54, 1.807) is 18.4 Å². The smallest absolute Gasteiger partial charge is 0.325 e. The lowest BCUT2D eigenvalue weighted by Crippen LogP contribution is -2.56. The molecule has 3 heterocycles. The second-order valence-electron chi connectivity index (χ2n) is 8.70. The molecule has 1 N–H and O–H groups in total. The molecule has 0 saturated carbocycles. The van der Waals surface area contributed by atoms with Gasteiger partial charge in [-0.15, -0.1) is 0 Å². The first-order valence-electron chi connectivity index (χ1n) is 11.2. The first-order valence-corrected chi connectivity index (χ1v) is 11.2. The fraction of sp³-hybridized carbons (Fsp3) is 0.609. The van der Waals surface area contributed by atoms with Crippen LogP contribution < -0.4 is 5.32 Å². The molecule has 162 valence electrons. The molecule has 3 aliphatic rings. The number of likely N-dealkylation sites (tertiary alicyclic amines) is 1. The number of nitrogens with zero attached hydrogens (tertiary/aromatic N) is 2. The van der Waals surface area contributed by atoms with Crippen molar-refractivity contribution in [2.75, 3.05) is 13.1 Å². The largest absolute Gasteiger partial charge is 0.467 e. The molecule has 1 aromatic rings. The maximum absolute atomic E-state index is 13.4. The summed E-state index contributed by atoms with van der Waals surface area (Å²) >= 11 is 0. The van der Waals surface area contributed by atoms with Crippen molar-refractivity contribution >= 4 is 17.8 Å². The van der Waals surface area contributed by atoms with Gasteiger partial charge in [-0.2, -0.15) is 0 Å². The van der Waals surface area contributed by atoms with E-state index >= 15 is 0 Å². The van der Waals surface area contributed by atoms with Crippen LogP contribution in [0.5, 0.6) is 0 Å².